The van der Waals surface area contributed by atoms with Gasteiger partial charge in [0.1, 0.15) is 5.82 Å². The van der Waals surface area contributed by atoms with Crippen molar-refractivity contribution in [3.05, 3.63) is 40.7 Å². The summed E-state index contributed by atoms with van der Waals surface area (Å²) in [4.78, 5) is 10.9. The van der Waals surface area contributed by atoms with Crippen LogP contribution in [0.5, 0.6) is 0 Å². The van der Waals surface area contributed by atoms with Gasteiger partial charge in [-0.25, -0.2) is 4.39 Å². The zero-order valence-electron chi connectivity index (χ0n) is 8.68. The molecule has 0 spiro atoms. The number of carbonyl (C=O) groups excluding carboxylic acids is 1. The Morgan fingerprint density at radius 1 is 1.40 bits per heavy atom. The molecule has 0 aliphatic carbocycles. The molecule has 0 fully saturated rings. The van der Waals surface area contributed by atoms with E-state index in [0.29, 0.717) is 11.1 Å². The van der Waals surface area contributed by atoms with Crippen LogP contribution in [-0.4, -0.2) is 11.7 Å². The summed E-state index contributed by atoms with van der Waals surface area (Å²) in [5.41, 5.74) is 1.96. The fraction of sp³-hybridized carbons (Fsp3) is 0.250. The van der Waals surface area contributed by atoms with Crippen molar-refractivity contribution < 1.29 is 9.18 Å². The summed E-state index contributed by atoms with van der Waals surface area (Å²) < 4.78 is 13.3. The number of alkyl halides is 1. The van der Waals surface area contributed by atoms with E-state index in [2.05, 4.69) is 0 Å². The fourth-order valence-electron chi connectivity index (χ4n) is 1.31. The van der Waals surface area contributed by atoms with Gasteiger partial charge in [0.05, 0.1) is 5.88 Å². The second kappa shape index (κ2) is 5.08. The molecule has 0 aromatic heterocycles. The summed E-state index contributed by atoms with van der Waals surface area (Å²) in [6, 6.07) is 3.39. The molecule has 3 heteroatoms. The Balaban J connectivity index is 2.97. The van der Waals surface area contributed by atoms with Gasteiger partial charge in [-0.2, -0.15) is 0 Å². The van der Waals surface area contributed by atoms with Gasteiger partial charge in [-0.3, -0.25) is 4.79 Å². The van der Waals surface area contributed by atoms with E-state index in [1.54, 1.807) is 32.1 Å². The van der Waals surface area contributed by atoms with Crippen LogP contribution in [0.2, 0.25) is 0 Å². The lowest BCUT2D eigenvalue weighted by Crippen LogP contribution is -1.93. The molecule has 0 atom stereocenters. The molecule has 0 unspecified atom stereocenters. The van der Waals surface area contributed by atoms with E-state index in [1.807, 2.05) is 0 Å². The van der Waals surface area contributed by atoms with Gasteiger partial charge in [-0.15, -0.1) is 11.6 Å². The van der Waals surface area contributed by atoms with Crippen molar-refractivity contribution in [1.29, 1.82) is 0 Å². The third-order valence-electron chi connectivity index (χ3n) is 2.05. The molecular weight excluding hydrogens is 215 g/mol. The van der Waals surface area contributed by atoms with Gasteiger partial charge in [0.25, 0.3) is 0 Å². The SMILES string of the molecule is Cc1cc(C=CC(=O)CCl)cc(C)c1F. The minimum Gasteiger partial charge on any atom is -0.294 e. The van der Waals surface area contributed by atoms with E-state index >= 15 is 0 Å². The number of allylic oxidation sites excluding steroid dienone is 1. The van der Waals surface area contributed by atoms with Crippen LogP contribution < -0.4 is 0 Å². The summed E-state index contributed by atoms with van der Waals surface area (Å²) in [7, 11) is 0. The highest BCUT2D eigenvalue weighted by molar-refractivity contribution is 6.29. The zero-order valence-corrected chi connectivity index (χ0v) is 9.44. The fourth-order valence-corrected chi connectivity index (χ4v) is 1.40. The monoisotopic (exact) mass is 226 g/mol. The van der Waals surface area contributed by atoms with Gasteiger partial charge in [-0.05, 0) is 48.7 Å². The molecule has 0 bridgehead atoms. The first-order chi connectivity index (χ1) is 7.04. The molecule has 1 rings (SSSR count). The zero-order chi connectivity index (χ0) is 11.4. The molecule has 1 aromatic rings. The van der Waals surface area contributed by atoms with E-state index in [0.717, 1.165) is 5.56 Å². The van der Waals surface area contributed by atoms with Crippen LogP contribution in [0.3, 0.4) is 0 Å². The van der Waals surface area contributed by atoms with Crippen LogP contribution in [-0.2, 0) is 4.79 Å². The summed E-state index contributed by atoms with van der Waals surface area (Å²) in [5, 5.41) is 0. The normalized spacial score (nSPS) is 10.9. The number of hydrogen-bond acceptors (Lipinski definition) is 1. The van der Waals surface area contributed by atoms with Gasteiger partial charge in [0, 0.05) is 0 Å². The van der Waals surface area contributed by atoms with Crippen molar-refractivity contribution in [3.8, 4) is 0 Å². The molecule has 1 aromatic carbocycles. The first-order valence-electron chi connectivity index (χ1n) is 4.58. The highest BCUT2D eigenvalue weighted by atomic mass is 35.5. The van der Waals surface area contributed by atoms with Crippen molar-refractivity contribution in [2.24, 2.45) is 0 Å². The van der Waals surface area contributed by atoms with Crippen LogP contribution in [0.15, 0.2) is 18.2 Å². The van der Waals surface area contributed by atoms with Gasteiger partial charge in [-0.1, -0.05) is 6.08 Å². The standard InChI is InChI=1S/C12H12ClFO/c1-8-5-10(3-4-11(15)7-13)6-9(2)12(8)14/h3-6H,7H2,1-2H3. The third-order valence-corrected chi connectivity index (χ3v) is 2.32. The second-order valence-electron chi connectivity index (χ2n) is 3.40. The highest BCUT2D eigenvalue weighted by Gasteiger charge is 2.02. The van der Waals surface area contributed by atoms with Crippen LogP contribution in [0.25, 0.3) is 6.08 Å². The van der Waals surface area contributed by atoms with Gasteiger partial charge in [0.15, 0.2) is 5.78 Å². The van der Waals surface area contributed by atoms with Crippen LogP contribution in [0, 0.1) is 19.7 Å². The van der Waals surface area contributed by atoms with Crippen LogP contribution in [0.1, 0.15) is 16.7 Å². The lowest BCUT2D eigenvalue weighted by atomic mass is 10.1. The Kier molecular flexibility index (Phi) is 4.04. The number of benzene rings is 1. The number of aryl methyl sites for hydroxylation is 2. The number of halogens is 2. The summed E-state index contributed by atoms with van der Waals surface area (Å²) in [6.45, 7) is 3.39. The first kappa shape index (κ1) is 11.9. The first-order valence-corrected chi connectivity index (χ1v) is 5.11. The van der Waals surface area contributed by atoms with Gasteiger partial charge in [0.2, 0.25) is 0 Å². The number of ketones is 1. The molecule has 0 heterocycles. The predicted molar refractivity (Wildman–Crippen MR) is 60.6 cm³/mol. The highest BCUT2D eigenvalue weighted by Crippen LogP contribution is 2.15. The molecule has 0 aliphatic heterocycles. The molecule has 0 aliphatic rings. The number of hydrogen-bond donors (Lipinski definition) is 0. The molecule has 1 nitrogen and oxygen atoms in total. The Hall–Kier alpha value is -1.15. The third kappa shape index (κ3) is 3.17. The Morgan fingerprint density at radius 3 is 2.40 bits per heavy atom. The van der Waals surface area contributed by atoms with Crippen LogP contribution in [0.4, 0.5) is 4.39 Å². The van der Waals surface area contributed by atoms with E-state index in [4.69, 9.17) is 11.6 Å². The lowest BCUT2D eigenvalue weighted by Gasteiger charge is -2.02. The molecule has 0 amide bonds. The van der Waals surface area contributed by atoms with Crippen molar-refractivity contribution in [2.75, 3.05) is 5.88 Å². The second-order valence-corrected chi connectivity index (χ2v) is 3.67. The van der Waals surface area contributed by atoms with Gasteiger partial charge < -0.3 is 0 Å². The average molecular weight is 227 g/mol. The molecule has 0 N–H and O–H groups in total. The summed E-state index contributed by atoms with van der Waals surface area (Å²) in [5.74, 6) is -0.387. The summed E-state index contributed by atoms with van der Waals surface area (Å²) in [6.07, 6.45) is 3.04. The van der Waals surface area contributed by atoms with E-state index in [-0.39, 0.29) is 17.5 Å². The van der Waals surface area contributed by atoms with Gasteiger partial charge >= 0.3 is 0 Å². The molecule has 0 saturated heterocycles. The van der Waals surface area contributed by atoms with Crippen molar-refractivity contribution in [3.63, 3.8) is 0 Å². The quantitative estimate of drug-likeness (QED) is 0.571. The Bertz CT molecular complexity index is 387. The molecule has 0 saturated carbocycles. The Morgan fingerprint density at radius 2 is 1.93 bits per heavy atom. The molecule has 80 valence electrons. The van der Waals surface area contributed by atoms with E-state index < -0.39 is 0 Å². The van der Waals surface area contributed by atoms with E-state index in [1.165, 1.54) is 6.08 Å². The van der Waals surface area contributed by atoms with Crippen molar-refractivity contribution in [2.45, 2.75) is 13.8 Å². The minimum absolute atomic E-state index is 0.0321. The van der Waals surface area contributed by atoms with Crippen LogP contribution >= 0.6 is 11.6 Å². The van der Waals surface area contributed by atoms with Crippen molar-refractivity contribution in [1.82, 2.24) is 0 Å². The number of rotatable bonds is 3. The maximum Gasteiger partial charge on any atom is 0.170 e. The Labute approximate surface area is 93.6 Å². The maximum atomic E-state index is 13.3. The molecule has 15 heavy (non-hydrogen) atoms. The topological polar surface area (TPSA) is 17.1 Å². The molecular formula is C12H12ClFO. The largest absolute Gasteiger partial charge is 0.294 e. The smallest absolute Gasteiger partial charge is 0.170 e. The minimum atomic E-state index is -0.198. The lowest BCUT2D eigenvalue weighted by molar-refractivity contribution is -0.112. The summed E-state index contributed by atoms with van der Waals surface area (Å²) >= 11 is 5.35. The van der Waals surface area contributed by atoms with E-state index in [9.17, 15) is 9.18 Å². The number of carbonyl (C=O) groups is 1. The average Bonchev–Trinajstić information content (AvgIpc) is 2.22. The predicted octanol–water partition coefficient (Wildman–Crippen LogP) is 3.26. The van der Waals surface area contributed by atoms with Crippen molar-refractivity contribution >= 4 is 23.5 Å². The molecule has 0 radical (unpaired) electrons. The maximum absolute atomic E-state index is 13.3.